The van der Waals surface area contributed by atoms with E-state index < -0.39 is 0 Å². The van der Waals surface area contributed by atoms with Crippen LogP contribution in [0.15, 0.2) is 60.0 Å². The van der Waals surface area contributed by atoms with E-state index >= 15 is 0 Å². The average Bonchev–Trinajstić information content (AvgIpc) is 3.17. The van der Waals surface area contributed by atoms with Crippen LogP contribution in [0.3, 0.4) is 0 Å². The van der Waals surface area contributed by atoms with Crippen molar-refractivity contribution in [2.24, 2.45) is 5.10 Å². The highest BCUT2D eigenvalue weighted by Crippen LogP contribution is 2.32. The molecule has 8 nitrogen and oxygen atoms in total. The first-order chi connectivity index (χ1) is 16.1. The van der Waals surface area contributed by atoms with Gasteiger partial charge in [0.05, 0.1) is 23.1 Å². The molecule has 0 bridgehead atoms. The van der Waals surface area contributed by atoms with E-state index in [2.05, 4.69) is 20.5 Å². The van der Waals surface area contributed by atoms with E-state index in [0.29, 0.717) is 45.6 Å². The highest BCUT2D eigenvalue weighted by atomic mass is 32.1. The molecule has 2 aromatic heterocycles. The molecule has 2 heterocycles. The van der Waals surface area contributed by atoms with E-state index in [4.69, 9.17) is 15.2 Å². The lowest BCUT2D eigenvalue weighted by atomic mass is 10.2. The van der Waals surface area contributed by atoms with Crippen molar-refractivity contribution in [3.05, 3.63) is 76.4 Å². The summed E-state index contributed by atoms with van der Waals surface area (Å²) in [6, 6.07) is 15.4. The molecule has 0 aliphatic rings. The molecular weight excluding hydrogens is 438 g/mol. The third kappa shape index (κ3) is 5.09. The monoisotopic (exact) mass is 461 g/mol. The highest BCUT2D eigenvalue weighted by Gasteiger charge is 2.18. The van der Waals surface area contributed by atoms with Crippen LogP contribution in [0.4, 0.5) is 5.82 Å². The van der Waals surface area contributed by atoms with E-state index in [1.165, 1.54) is 17.7 Å². The van der Waals surface area contributed by atoms with E-state index in [9.17, 15) is 4.79 Å². The van der Waals surface area contributed by atoms with Crippen LogP contribution in [-0.4, -0.2) is 28.7 Å². The van der Waals surface area contributed by atoms with Crippen molar-refractivity contribution in [2.75, 3.05) is 12.3 Å². The zero-order chi connectivity index (χ0) is 23.2. The van der Waals surface area contributed by atoms with Crippen molar-refractivity contribution >= 4 is 39.5 Å². The molecular formula is C24H23N5O3S. The summed E-state index contributed by atoms with van der Waals surface area (Å²) in [5.74, 6) is 1.27. The molecule has 0 fully saturated rings. The Bertz CT molecular complexity index is 1300. The van der Waals surface area contributed by atoms with E-state index in [1.807, 2.05) is 62.4 Å². The van der Waals surface area contributed by atoms with Gasteiger partial charge in [-0.3, -0.25) is 4.79 Å². The lowest BCUT2D eigenvalue weighted by Gasteiger charge is -2.12. The topological polar surface area (TPSA) is 112 Å². The number of carbonyl (C=O) groups excluding carboxylic acids is 1. The average molecular weight is 462 g/mol. The number of nitrogens with zero attached hydrogens (tertiary/aromatic N) is 3. The smallest absolute Gasteiger partial charge is 0.281 e. The van der Waals surface area contributed by atoms with Gasteiger partial charge in [-0.1, -0.05) is 30.3 Å². The second-order valence-corrected chi connectivity index (χ2v) is 8.11. The van der Waals surface area contributed by atoms with E-state index in [0.717, 1.165) is 16.7 Å². The number of anilines is 1. The number of ether oxygens (including phenoxy) is 2. The number of rotatable bonds is 8. The molecule has 9 heteroatoms. The van der Waals surface area contributed by atoms with E-state index in [1.54, 1.807) is 6.21 Å². The maximum absolute atomic E-state index is 12.6. The summed E-state index contributed by atoms with van der Waals surface area (Å²) < 4.78 is 11.7. The summed E-state index contributed by atoms with van der Waals surface area (Å²) in [6.07, 6.45) is 2.94. The largest absolute Gasteiger partial charge is 0.490 e. The molecule has 0 saturated carbocycles. The Morgan fingerprint density at radius 1 is 1.15 bits per heavy atom. The third-order valence-corrected chi connectivity index (χ3v) is 6.05. The Labute approximate surface area is 195 Å². The Kier molecular flexibility index (Phi) is 6.80. The number of benzene rings is 2. The molecule has 2 aromatic carbocycles. The number of nitrogen functional groups attached to an aromatic ring is 1. The molecule has 0 aliphatic heterocycles. The zero-order valence-electron chi connectivity index (χ0n) is 18.2. The molecule has 0 unspecified atom stereocenters. The van der Waals surface area contributed by atoms with Crippen LogP contribution < -0.4 is 20.6 Å². The van der Waals surface area contributed by atoms with Crippen LogP contribution >= 0.6 is 11.3 Å². The SMILES string of the molecule is CCOc1cc(/C=N\NC(=O)c2sc3ncnc(N)c3c2C)ccc1OCc1ccccc1. The summed E-state index contributed by atoms with van der Waals surface area (Å²) in [6.45, 7) is 4.66. The number of amides is 1. The molecule has 33 heavy (non-hydrogen) atoms. The first kappa shape index (κ1) is 22.2. The number of nitrogens with one attached hydrogen (secondary N) is 1. The summed E-state index contributed by atoms with van der Waals surface area (Å²) >= 11 is 1.25. The molecule has 4 aromatic rings. The molecule has 1 amide bonds. The molecule has 0 atom stereocenters. The van der Waals surface area contributed by atoms with Gasteiger partial charge in [0.15, 0.2) is 11.5 Å². The molecule has 0 spiro atoms. The fraction of sp³-hybridized carbons (Fsp3) is 0.167. The Hall–Kier alpha value is -3.98. The van der Waals surface area contributed by atoms with Gasteiger partial charge in [-0.25, -0.2) is 15.4 Å². The van der Waals surface area contributed by atoms with Crippen LogP contribution in [0.5, 0.6) is 11.5 Å². The van der Waals surface area contributed by atoms with Crippen molar-refractivity contribution < 1.29 is 14.3 Å². The maximum atomic E-state index is 12.6. The second kappa shape index (κ2) is 10.1. The minimum absolute atomic E-state index is 0.334. The molecule has 0 radical (unpaired) electrons. The first-order valence-corrected chi connectivity index (χ1v) is 11.1. The van der Waals surface area contributed by atoms with Gasteiger partial charge in [0, 0.05) is 0 Å². The summed E-state index contributed by atoms with van der Waals surface area (Å²) in [7, 11) is 0. The first-order valence-electron chi connectivity index (χ1n) is 10.3. The van der Waals surface area contributed by atoms with Crippen LogP contribution in [0.2, 0.25) is 0 Å². The number of aryl methyl sites for hydroxylation is 1. The minimum atomic E-state index is -0.334. The van der Waals surface area contributed by atoms with Crippen LogP contribution in [0.1, 0.15) is 33.3 Å². The number of nitrogens with two attached hydrogens (primary N) is 1. The lowest BCUT2D eigenvalue weighted by Crippen LogP contribution is -2.17. The summed E-state index contributed by atoms with van der Waals surface area (Å²) in [5.41, 5.74) is 11.0. The second-order valence-electron chi connectivity index (χ2n) is 7.11. The van der Waals surface area contributed by atoms with Gasteiger partial charge in [0.2, 0.25) is 0 Å². The quantitative estimate of drug-likeness (QED) is 0.298. The highest BCUT2D eigenvalue weighted by molar-refractivity contribution is 7.20. The fourth-order valence-corrected chi connectivity index (χ4v) is 4.31. The summed E-state index contributed by atoms with van der Waals surface area (Å²) in [5, 5.41) is 4.79. The van der Waals surface area contributed by atoms with Gasteiger partial charge >= 0.3 is 0 Å². The minimum Gasteiger partial charge on any atom is -0.490 e. The van der Waals surface area contributed by atoms with Crippen LogP contribution in [0, 0.1) is 6.92 Å². The van der Waals surface area contributed by atoms with Crippen molar-refractivity contribution in [3.63, 3.8) is 0 Å². The van der Waals surface area contributed by atoms with Crippen molar-refractivity contribution in [3.8, 4) is 11.5 Å². The van der Waals surface area contributed by atoms with Gasteiger partial charge < -0.3 is 15.2 Å². The van der Waals surface area contributed by atoms with Gasteiger partial charge in [0.25, 0.3) is 5.91 Å². The van der Waals surface area contributed by atoms with Gasteiger partial charge in [-0.05, 0) is 48.7 Å². The third-order valence-electron chi connectivity index (χ3n) is 4.85. The summed E-state index contributed by atoms with van der Waals surface area (Å²) in [4.78, 5) is 22.0. The molecule has 0 aliphatic carbocycles. The number of hydrogen-bond acceptors (Lipinski definition) is 8. The molecule has 0 saturated heterocycles. The molecule has 4 rings (SSSR count). The Morgan fingerprint density at radius 3 is 2.73 bits per heavy atom. The van der Waals surface area contributed by atoms with Crippen LogP contribution in [-0.2, 0) is 6.61 Å². The van der Waals surface area contributed by atoms with Crippen molar-refractivity contribution in [1.82, 2.24) is 15.4 Å². The number of carbonyl (C=O) groups is 1. The number of hydrazone groups is 1. The fourth-order valence-electron chi connectivity index (χ4n) is 3.26. The number of hydrogen-bond donors (Lipinski definition) is 2. The van der Waals surface area contributed by atoms with E-state index in [-0.39, 0.29) is 5.91 Å². The van der Waals surface area contributed by atoms with Gasteiger partial charge in [-0.2, -0.15) is 5.10 Å². The zero-order valence-corrected chi connectivity index (χ0v) is 19.1. The Balaban J connectivity index is 1.45. The van der Waals surface area contributed by atoms with Crippen LogP contribution in [0.25, 0.3) is 10.2 Å². The number of aromatic nitrogens is 2. The molecule has 168 valence electrons. The lowest BCUT2D eigenvalue weighted by molar-refractivity contribution is 0.0958. The van der Waals surface area contributed by atoms with Crippen molar-refractivity contribution in [1.29, 1.82) is 0 Å². The normalized spacial score (nSPS) is 11.1. The standard InChI is InChI=1S/C24H23N5O3S/c1-3-31-19-11-17(9-10-18(19)32-13-16-7-5-4-6-8-16)12-28-29-23(30)21-15(2)20-22(25)26-14-27-24(20)33-21/h4-12,14H,3,13H2,1-2H3,(H,29,30)(H2,25,26,27)/b28-12-. The predicted octanol–water partition coefficient (Wildman–Crippen LogP) is 4.32. The van der Waals surface area contributed by atoms with Gasteiger partial charge in [0.1, 0.15) is 23.6 Å². The molecule has 3 N–H and O–H groups in total. The predicted molar refractivity (Wildman–Crippen MR) is 130 cm³/mol. The maximum Gasteiger partial charge on any atom is 0.281 e. The number of fused-ring (bicyclic) bond motifs is 1. The number of thiophene rings is 1. The van der Waals surface area contributed by atoms with Crippen molar-refractivity contribution in [2.45, 2.75) is 20.5 Å². The van der Waals surface area contributed by atoms with Gasteiger partial charge in [-0.15, -0.1) is 11.3 Å². The Morgan fingerprint density at radius 2 is 1.97 bits per heavy atom.